The molecule has 0 unspecified atom stereocenters. The predicted octanol–water partition coefficient (Wildman–Crippen LogP) is 3.21. The molecule has 0 radical (unpaired) electrons. The van der Waals surface area contributed by atoms with Gasteiger partial charge in [0.2, 0.25) is 0 Å². The summed E-state index contributed by atoms with van der Waals surface area (Å²) in [5, 5.41) is 9.43. The molecular formula is C17H13N3O2. The van der Waals surface area contributed by atoms with Gasteiger partial charge in [0.1, 0.15) is 5.69 Å². The molecule has 108 valence electrons. The summed E-state index contributed by atoms with van der Waals surface area (Å²) in [4.78, 5) is 24.2. The summed E-state index contributed by atoms with van der Waals surface area (Å²) in [6.45, 7) is 1.92. The molecule has 0 saturated carbocycles. The lowest BCUT2D eigenvalue weighted by molar-refractivity contribution is 0.0691. The summed E-state index contributed by atoms with van der Waals surface area (Å²) in [6, 6.07) is 11.0. The molecule has 2 aromatic heterocycles. The Kier molecular flexibility index (Phi) is 3.62. The van der Waals surface area contributed by atoms with E-state index in [1.807, 2.05) is 43.3 Å². The van der Waals surface area contributed by atoms with Gasteiger partial charge >= 0.3 is 5.97 Å². The number of carboxylic acid groups (broad SMARTS) is 1. The van der Waals surface area contributed by atoms with Crippen LogP contribution in [-0.2, 0) is 0 Å². The number of nitrogens with zero attached hydrogens (tertiary/aromatic N) is 3. The van der Waals surface area contributed by atoms with Crippen molar-refractivity contribution in [1.29, 1.82) is 0 Å². The van der Waals surface area contributed by atoms with Crippen molar-refractivity contribution in [3.63, 3.8) is 0 Å². The Labute approximate surface area is 127 Å². The molecule has 3 aromatic rings. The molecule has 0 saturated heterocycles. The van der Waals surface area contributed by atoms with E-state index in [0.29, 0.717) is 11.4 Å². The molecule has 5 heteroatoms. The van der Waals surface area contributed by atoms with Gasteiger partial charge in [-0.3, -0.25) is 9.97 Å². The van der Waals surface area contributed by atoms with E-state index in [2.05, 4.69) is 15.0 Å². The van der Waals surface area contributed by atoms with Crippen LogP contribution in [0.2, 0.25) is 0 Å². The van der Waals surface area contributed by atoms with Crippen molar-refractivity contribution in [3.8, 4) is 22.5 Å². The minimum Gasteiger partial charge on any atom is -0.476 e. The number of rotatable bonds is 3. The third kappa shape index (κ3) is 2.69. The number of hydrogen-bond acceptors (Lipinski definition) is 4. The lowest BCUT2D eigenvalue weighted by Gasteiger charge is -2.07. The van der Waals surface area contributed by atoms with Crippen LogP contribution >= 0.6 is 0 Å². The van der Waals surface area contributed by atoms with Crippen LogP contribution in [0.1, 0.15) is 16.1 Å². The molecule has 0 spiro atoms. The van der Waals surface area contributed by atoms with Gasteiger partial charge in [0.05, 0.1) is 11.9 Å². The Morgan fingerprint density at radius 1 is 1.05 bits per heavy atom. The van der Waals surface area contributed by atoms with Gasteiger partial charge in [-0.15, -0.1) is 0 Å². The normalized spacial score (nSPS) is 10.4. The number of carboxylic acids is 1. The Morgan fingerprint density at radius 2 is 1.82 bits per heavy atom. The van der Waals surface area contributed by atoms with Gasteiger partial charge in [0.25, 0.3) is 0 Å². The average Bonchev–Trinajstić information content (AvgIpc) is 2.55. The number of aromatic nitrogens is 3. The Hall–Kier alpha value is -3.08. The molecule has 0 aliphatic carbocycles. The van der Waals surface area contributed by atoms with Gasteiger partial charge in [-0.05, 0) is 18.6 Å². The highest BCUT2D eigenvalue weighted by atomic mass is 16.4. The fourth-order valence-corrected chi connectivity index (χ4v) is 2.18. The predicted molar refractivity (Wildman–Crippen MR) is 82.4 cm³/mol. The second-order valence-electron chi connectivity index (χ2n) is 4.87. The molecule has 1 aromatic carbocycles. The first-order chi connectivity index (χ1) is 10.6. The van der Waals surface area contributed by atoms with Crippen LogP contribution in [0.15, 0.2) is 55.0 Å². The van der Waals surface area contributed by atoms with Crippen molar-refractivity contribution in [2.45, 2.75) is 6.92 Å². The molecule has 0 amide bonds. The summed E-state index contributed by atoms with van der Waals surface area (Å²) in [6.07, 6.45) is 4.95. The van der Waals surface area contributed by atoms with Gasteiger partial charge in [-0.2, -0.15) is 0 Å². The Balaban J connectivity index is 2.14. The van der Waals surface area contributed by atoms with E-state index in [9.17, 15) is 9.90 Å². The first kappa shape index (κ1) is 13.9. The molecular weight excluding hydrogens is 278 g/mol. The summed E-state index contributed by atoms with van der Waals surface area (Å²) in [5.41, 5.74) is 3.23. The number of benzene rings is 1. The highest BCUT2D eigenvalue weighted by Gasteiger charge is 2.16. The first-order valence-electron chi connectivity index (χ1n) is 6.73. The highest BCUT2D eigenvalue weighted by molar-refractivity contribution is 5.93. The summed E-state index contributed by atoms with van der Waals surface area (Å²) < 4.78 is 0. The zero-order valence-corrected chi connectivity index (χ0v) is 11.9. The van der Waals surface area contributed by atoms with Crippen molar-refractivity contribution in [3.05, 3.63) is 66.2 Å². The fourth-order valence-electron chi connectivity index (χ4n) is 2.18. The van der Waals surface area contributed by atoms with E-state index in [1.165, 1.54) is 0 Å². The Morgan fingerprint density at radius 3 is 2.50 bits per heavy atom. The highest BCUT2D eigenvalue weighted by Crippen LogP contribution is 2.23. The van der Waals surface area contributed by atoms with E-state index in [0.717, 1.165) is 16.7 Å². The lowest BCUT2D eigenvalue weighted by Crippen LogP contribution is -2.06. The molecule has 5 nitrogen and oxygen atoms in total. The molecule has 2 heterocycles. The third-order valence-electron chi connectivity index (χ3n) is 3.19. The molecule has 0 bridgehead atoms. The molecule has 0 atom stereocenters. The average molecular weight is 291 g/mol. The standard InChI is InChI=1S/C17H13N3O2/c1-11-7-13(9-18-8-11)14-10-19-15(16(20-14)17(21)22)12-5-3-2-4-6-12/h2-10H,1H3,(H,21,22). The Bertz CT molecular complexity index is 832. The van der Waals surface area contributed by atoms with E-state index >= 15 is 0 Å². The quantitative estimate of drug-likeness (QED) is 0.801. The van der Waals surface area contributed by atoms with E-state index in [-0.39, 0.29) is 5.69 Å². The second kappa shape index (κ2) is 5.73. The maximum absolute atomic E-state index is 11.5. The number of hydrogen-bond donors (Lipinski definition) is 1. The van der Waals surface area contributed by atoms with E-state index < -0.39 is 5.97 Å². The van der Waals surface area contributed by atoms with Gasteiger partial charge in [0.15, 0.2) is 5.69 Å². The van der Waals surface area contributed by atoms with Crippen molar-refractivity contribution >= 4 is 5.97 Å². The van der Waals surface area contributed by atoms with Crippen molar-refractivity contribution in [2.75, 3.05) is 0 Å². The van der Waals surface area contributed by atoms with Crippen LogP contribution in [0, 0.1) is 6.92 Å². The van der Waals surface area contributed by atoms with E-state index in [4.69, 9.17) is 0 Å². The van der Waals surface area contributed by atoms with Gasteiger partial charge in [-0.1, -0.05) is 30.3 Å². The topological polar surface area (TPSA) is 76.0 Å². The molecule has 0 aliphatic heterocycles. The third-order valence-corrected chi connectivity index (χ3v) is 3.19. The number of carbonyl (C=O) groups is 1. The zero-order valence-electron chi connectivity index (χ0n) is 11.9. The summed E-state index contributed by atoms with van der Waals surface area (Å²) in [5.74, 6) is -1.10. The number of aromatic carboxylic acids is 1. The molecule has 0 fully saturated rings. The van der Waals surface area contributed by atoms with Gasteiger partial charge in [0, 0.05) is 23.5 Å². The zero-order chi connectivity index (χ0) is 15.5. The maximum Gasteiger partial charge on any atom is 0.356 e. The molecule has 1 N–H and O–H groups in total. The monoisotopic (exact) mass is 291 g/mol. The van der Waals surface area contributed by atoms with Gasteiger partial charge in [-0.25, -0.2) is 9.78 Å². The smallest absolute Gasteiger partial charge is 0.356 e. The largest absolute Gasteiger partial charge is 0.476 e. The summed E-state index contributed by atoms with van der Waals surface area (Å²) >= 11 is 0. The second-order valence-corrected chi connectivity index (χ2v) is 4.87. The van der Waals surface area contributed by atoms with Crippen LogP contribution in [0.5, 0.6) is 0 Å². The van der Waals surface area contributed by atoms with Crippen LogP contribution in [0.4, 0.5) is 0 Å². The fraction of sp³-hybridized carbons (Fsp3) is 0.0588. The van der Waals surface area contributed by atoms with E-state index in [1.54, 1.807) is 18.6 Å². The van der Waals surface area contributed by atoms with Gasteiger partial charge < -0.3 is 5.11 Å². The van der Waals surface area contributed by atoms with Crippen LogP contribution in [-0.4, -0.2) is 26.0 Å². The first-order valence-corrected chi connectivity index (χ1v) is 6.73. The molecule has 22 heavy (non-hydrogen) atoms. The van der Waals surface area contributed by atoms with Crippen molar-refractivity contribution < 1.29 is 9.90 Å². The number of pyridine rings is 1. The number of aryl methyl sites for hydroxylation is 1. The lowest BCUT2D eigenvalue weighted by atomic mass is 10.1. The minimum absolute atomic E-state index is 0.0646. The van der Waals surface area contributed by atoms with Crippen molar-refractivity contribution in [2.24, 2.45) is 0 Å². The van der Waals surface area contributed by atoms with Crippen LogP contribution in [0.3, 0.4) is 0 Å². The van der Waals surface area contributed by atoms with Crippen LogP contribution in [0.25, 0.3) is 22.5 Å². The molecule has 0 aliphatic rings. The summed E-state index contributed by atoms with van der Waals surface area (Å²) in [7, 11) is 0. The SMILES string of the molecule is Cc1cncc(-c2cnc(-c3ccccc3)c(C(=O)O)n2)c1. The molecule has 3 rings (SSSR count). The minimum atomic E-state index is -1.10. The van der Waals surface area contributed by atoms with Crippen molar-refractivity contribution in [1.82, 2.24) is 15.0 Å². The maximum atomic E-state index is 11.5. The van der Waals surface area contributed by atoms with Crippen LogP contribution < -0.4 is 0 Å².